The van der Waals surface area contributed by atoms with Crippen molar-refractivity contribution < 1.29 is 14.4 Å². The van der Waals surface area contributed by atoms with Gasteiger partial charge in [0.05, 0.1) is 0 Å². The fraction of sp³-hybridized carbons (Fsp3) is 0.0833. The fourth-order valence-corrected chi connectivity index (χ4v) is 1.53. The normalized spacial score (nSPS) is 19.4. The Kier molecular flexibility index (Phi) is 2.64. The van der Waals surface area contributed by atoms with Gasteiger partial charge in [-0.3, -0.25) is 14.4 Å². The number of carbonyl (C=O) groups excluding carboxylic acids is 3. The van der Waals surface area contributed by atoms with E-state index in [2.05, 4.69) is 5.32 Å². The molecule has 1 atom stereocenters. The highest BCUT2D eigenvalue weighted by Crippen LogP contribution is 2.13. The highest BCUT2D eigenvalue weighted by molar-refractivity contribution is 6.27. The zero-order chi connectivity index (χ0) is 11.5. The molecule has 0 aliphatic carbocycles. The van der Waals surface area contributed by atoms with Gasteiger partial charge in [0.25, 0.3) is 0 Å². The van der Waals surface area contributed by atoms with Crippen LogP contribution in [0.2, 0.25) is 0 Å². The van der Waals surface area contributed by atoms with Crippen molar-refractivity contribution in [2.45, 2.75) is 0 Å². The van der Waals surface area contributed by atoms with Gasteiger partial charge < -0.3 is 5.32 Å². The minimum Gasteiger partial charge on any atom is -0.332 e. The summed E-state index contributed by atoms with van der Waals surface area (Å²) >= 11 is 0. The molecular weight excluding hydrogens is 206 g/mol. The minimum atomic E-state index is -1.24. The average Bonchev–Trinajstić information content (AvgIpc) is 2.30. The van der Waals surface area contributed by atoms with Gasteiger partial charge in [0.2, 0.25) is 5.91 Å². The average molecular weight is 215 g/mol. The summed E-state index contributed by atoms with van der Waals surface area (Å²) in [6.07, 6.45) is 2.45. The minimum absolute atomic E-state index is 0.367. The van der Waals surface area contributed by atoms with Gasteiger partial charge in [-0.2, -0.15) is 0 Å². The number of hydrogen-bond acceptors (Lipinski definition) is 3. The predicted molar refractivity (Wildman–Crippen MR) is 56.6 cm³/mol. The molecule has 4 heteroatoms. The van der Waals surface area contributed by atoms with E-state index in [9.17, 15) is 14.4 Å². The van der Waals surface area contributed by atoms with Crippen molar-refractivity contribution >= 4 is 17.5 Å². The Labute approximate surface area is 92.0 Å². The molecule has 1 aromatic carbocycles. The van der Waals surface area contributed by atoms with E-state index >= 15 is 0 Å². The van der Waals surface area contributed by atoms with E-state index < -0.39 is 23.4 Å². The highest BCUT2D eigenvalue weighted by atomic mass is 16.2. The van der Waals surface area contributed by atoms with Crippen LogP contribution in [0.5, 0.6) is 0 Å². The van der Waals surface area contributed by atoms with Gasteiger partial charge in [-0.1, -0.05) is 30.3 Å². The van der Waals surface area contributed by atoms with Crippen LogP contribution in [0.25, 0.3) is 0 Å². The Morgan fingerprint density at radius 2 is 1.81 bits per heavy atom. The van der Waals surface area contributed by atoms with Crippen molar-refractivity contribution in [3.63, 3.8) is 0 Å². The van der Waals surface area contributed by atoms with Crippen LogP contribution in [-0.2, 0) is 9.59 Å². The van der Waals surface area contributed by atoms with Gasteiger partial charge >= 0.3 is 0 Å². The molecule has 0 saturated heterocycles. The molecule has 0 bridgehead atoms. The van der Waals surface area contributed by atoms with Crippen molar-refractivity contribution in [2.75, 3.05) is 0 Å². The number of benzene rings is 1. The molecule has 1 aliphatic heterocycles. The van der Waals surface area contributed by atoms with Gasteiger partial charge in [-0.25, -0.2) is 0 Å². The third-order valence-electron chi connectivity index (χ3n) is 2.34. The predicted octanol–water partition coefficient (Wildman–Crippen LogP) is 0.698. The fourth-order valence-electron chi connectivity index (χ4n) is 1.53. The van der Waals surface area contributed by atoms with Crippen LogP contribution in [0.1, 0.15) is 10.4 Å². The first kappa shape index (κ1) is 10.3. The number of allylic oxidation sites excluding steroid dienone is 1. The largest absolute Gasteiger partial charge is 0.332 e. The Bertz CT molecular complexity index is 476. The lowest BCUT2D eigenvalue weighted by molar-refractivity contribution is -0.129. The number of rotatable bonds is 2. The molecule has 4 nitrogen and oxygen atoms in total. The lowest BCUT2D eigenvalue weighted by Gasteiger charge is -2.14. The van der Waals surface area contributed by atoms with Gasteiger partial charge in [0.1, 0.15) is 0 Å². The molecule has 1 aliphatic rings. The van der Waals surface area contributed by atoms with Crippen LogP contribution in [0.3, 0.4) is 0 Å². The van der Waals surface area contributed by atoms with E-state index in [0.29, 0.717) is 5.56 Å². The summed E-state index contributed by atoms with van der Waals surface area (Å²) < 4.78 is 0. The van der Waals surface area contributed by atoms with Crippen LogP contribution in [0, 0.1) is 5.92 Å². The molecule has 1 aromatic rings. The topological polar surface area (TPSA) is 63.2 Å². The Hall–Kier alpha value is -2.23. The summed E-state index contributed by atoms with van der Waals surface area (Å²) in [7, 11) is 0. The van der Waals surface area contributed by atoms with Gasteiger partial charge in [0, 0.05) is 11.8 Å². The maximum atomic E-state index is 11.9. The van der Waals surface area contributed by atoms with Gasteiger partial charge in [0.15, 0.2) is 17.5 Å². The summed E-state index contributed by atoms with van der Waals surface area (Å²) in [6.45, 7) is 0. The highest BCUT2D eigenvalue weighted by Gasteiger charge is 2.34. The molecule has 16 heavy (non-hydrogen) atoms. The van der Waals surface area contributed by atoms with Crippen molar-refractivity contribution in [3.05, 3.63) is 48.2 Å². The van der Waals surface area contributed by atoms with Crippen LogP contribution in [-0.4, -0.2) is 17.5 Å². The van der Waals surface area contributed by atoms with Crippen molar-refractivity contribution in [3.8, 4) is 0 Å². The molecule has 1 N–H and O–H groups in total. The molecule has 1 heterocycles. The van der Waals surface area contributed by atoms with Crippen LogP contribution >= 0.6 is 0 Å². The molecule has 2 rings (SSSR count). The van der Waals surface area contributed by atoms with E-state index in [4.69, 9.17) is 0 Å². The third kappa shape index (κ3) is 1.77. The summed E-state index contributed by atoms with van der Waals surface area (Å²) in [5.41, 5.74) is 0.367. The van der Waals surface area contributed by atoms with Gasteiger partial charge in [-0.15, -0.1) is 0 Å². The van der Waals surface area contributed by atoms with Crippen LogP contribution < -0.4 is 5.32 Å². The zero-order valence-corrected chi connectivity index (χ0v) is 8.34. The van der Waals surface area contributed by atoms with Crippen molar-refractivity contribution in [1.29, 1.82) is 0 Å². The van der Waals surface area contributed by atoms with Crippen molar-refractivity contribution in [1.82, 2.24) is 5.32 Å². The molecule has 0 spiro atoms. The maximum absolute atomic E-state index is 11.9. The molecule has 1 amide bonds. The molecule has 0 radical (unpaired) electrons. The quantitative estimate of drug-likeness (QED) is 0.583. The Morgan fingerprint density at radius 1 is 1.12 bits per heavy atom. The first-order valence-corrected chi connectivity index (χ1v) is 4.80. The second-order valence-corrected chi connectivity index (χ2v) is 3.41. The monoisotopic (exact) mass is 215 g/mol. The van der Waals surface area contributed by atoms with Crippen molar-refractivity contribution in [2.24, 2.45) is 5.92 Å². The molecule has 0 saturated carbocycles. The van der Waals surface area contributed by atoms with Crippen LogP contribution in [0.15, 0.2) is 42.6 Å². The summed E-state index contributed by atoms with van der Waals surface area (Å²) in [5.74, 6) is -2.75. The smallest absolute Gasteiger partial charge is 0.242 e. The first-order valence-electron chi connectivity index (χ1n) is 4.80. The second kappa shape index (κ2) is 4.10. The summed E-state index contributed by atoms with van der Waals surface area (Å²) in [5, 5.41) is 2.35. The van der Waals surface area contributed by atoms with E-state index in [1.807, 2.05) is 0 Å². The second-order valence-electron chi connectivity index (χ2n) is 3.41. The molecular formula is C12H9NO3. The summed E-state index contributed by atoms with van der Waals surface area (Å²) in [6, 6.07) is 8.31. The summed E-state index contributed by atoms with van der Waals surface area (Å²) in [4.78, 5) is 34.8. The van der Waals surface area contributed by atoms with E-state index in [1.165, 1.54) is 12.3 Å². The number of hydrogen-bond donors (Lipinski definition) is 1. The maximum Gasteiger partial charge on any atom is 0.242 e. The number of carbonyl (C=O) groups is 3. The molecule has 0 fully saturated rings. The SMILES string of the molecule is O=C1C=CNC(=O)C1C(=O)c1ccccc1. The number of Topliss-reactive ketones (excluding diaryl/α,β-unsaturated/α-hetero) is 1. The van der Waals surface area contributed by atoms with Gasteiger partial charge in [-0.05, 0) is 6.08 Å². The Morgan fingerprint density at radius 3 is 2.44 bits per heavy atom. The molecule has 80 valence electrons. The lowest BCUT2D eigenvalue weighted by atomic mass is 9.91. The zero-order valence-electron chi connectivity index (χ0n) is 8.34. The van der Waals surface area contributed by atoms with E-state index in [0.717, 1.165) is 0 Å². The lowest BCUT2D eigenvalue weighted by Crippen LogP contribution is -2.40. The first-order chi connectivity index (χ1) is 7.70. The Balaban J connectivity index is 2.32. The standard InChI is InChI=1S/C12H9NO3/c14-9-6-7-13-12(16)10(9)11(15)8-4-2-1-3-5-8/h1-7,10H,(H,13,16). The number of ketones is 2. The van der Waals surface area contributed by atoms with E-state index in [1.54, 1.807) is 30.3 Å². The number of nitrogens with one attached hydrogen (secondary N) is 1. The van der Waals surface area contributed by atoms with E-state index in [-0.39, 0.29) is 0 Å². The third-order valence-corrected chi connectivity index (χ3v) is 2.34. The van der Waals surface area contributed by atoms with Crippen LogP contribution in [0.4, 0.5) is 0 Å². The number of amides is 1. The molecule has 1 unspecified atom stereocenters. The molecule has 0 aromatic heterocycles.